The Labute approximate surface area is 114 Å². The van der Waals surface area contributed by atoms with Gasteiger partial charge in [0.25, 0.3) is 0 Å². The summed E-state index contributed by atoms with van der Waals surface area (Å²) in [6, 6.07) is 8.36. The van der Waals surface area contributed by atoms with Crippen LogP contribution in [0.15, 0.2) is 36.5 Å². The van der Waals surface area contributed by atoms with Gasteiger partial charge in [-0.1, -0.05) is 11.6 Å². The molecule has 96 valence electrons. The summed E-state index contributed by atoms with van der Waals surface area (Å²) in [4.78, 5) is 4.45. The number of imidazole rings is 1. The van der Waals surface area contributed by atoms with Crippen LogP contribution >= 0.6 is 11.6 Å². The lowest BCUT2D eigenvalue weighted by Crippen LogP contribution is -1.94. The SMILES string of the molecule is Cc1cc(-c2nc3ccc(Cl)cn3c2N)ccc1F. The molecule has 3 aromatic rings. The molecular formula is C14H11ClFN3. The zero-order valence-corrected chi connectivity index (χ0v) is 10.9. The number of nitrogens with zero attached hydrogens (tertiary/aromatic N) is 2. The van der Waals surface area contributed by atoms with E-state index in [-0.39, 0.29) is 5.82 Å². The molecule has 19 heavy (non-hydrogen) atoms. The zero-order chi connectivity index (χ0) is 13.6. The van der Waals surface area contributed by atoms with Crippen LogP contribution in [-0.2, 0) is 0 Å². The molecule has 0 aliphatic heterocycles. The Kier molecular flexibility index (Phi) is 2.68. The van der Waals surface area contributed by atoms with Gasteiger partial charge in [-0.25, -0.2) is 9.37 Å². The molecule has 0 atom stereocenters. The first-order chi connectivity index (χ1) is 9.06. The van der Waals surface area contributed by atoms with Crippen LogP contribution in [0.1, 0.15) is 5.56 Å². The van der Waals surface area contributed by atoms with Gasteiger partial charge in [0, 0.05) is 11.8 Å². The van der Waals surface area contributed by atoms with E-state index in [9.17, 15) is 4.39 Å². The number of fused-ring (bicyclic) bond motifs is 1. The Balaban J connectivity index is 2.24. The summed E-state index contributed by atoms with van der Waals surface area (Å²) in [7, 11) is 0. The van der Waals surface area contributed by atoms with Crippen molar-refractivity contribution in [2.45, 2.75) is 6.92 Å². The molecule has 3 nitrogen and oxygen atoms in total. The number of nitrogen functional groups attached to an aromatic ring is 1. The summed E-state index contributed by atoms with van der Waals surface area (Å²) in [5.41, 5.74) is 8.76. The fourth-order valence-corrected chi connectivity index (χ4v) is 2.20. The van der Waals surface area contributed by atoms with Crippen LogP contribution in [-0.4, -0.2) is 9.38 Å². The number of pyridine rings is 1. The summed E-state index contributed by atoms with van der Waals surface area (Å²) in [5.74, 6) is 0.248. The summed E-state index contributed by atoms with van der Waals surface area (Å²) in [5, 5.41) is 0.582. The minimum absolute atomic E-state index is 0.242. The average Bonchev–Trinajstić information content (AvgIpc) is 2.70. The molecular weight excluding hydrogens is 265 g/mol. The van der Waals surface area contributed by atoms with E-state index in [1.54, 1.807) is 41.8 Å². The van der Waals surface area contributed by atoms with Crippen molar-refractivity contribution in [1.29, 1.82) is 0 Å². The highest BCUT2D eigenvalue weighted by Gasteiger charge is 2.12. The lowest BCUT2D eigenvalue weighted by Gasteiger charge is -2.02. The third kappa shape index (κ3) is 1.94. The van der Waals surface area contributed by atoms with E-state index < -0.39 is 0 Å². The molecule has 0 radical (unpaired) electrons. The number of halogens is 2. The monoisotopic (exact) mass is 275 g/mol. The molecule has 0 amide bonds. The molecule has 0 aliphatic rings. The van der Waals surface area contributed by atoms with Crippen LogP contribution in [0.2, 0.25) is 5.02 Å². The number of aromatic nitrogens is 2. The topological polar surface area (TPSA) is 43.3 Å². The maximum atomic E-state index is 13.3. The molecule has 3 rings (SSSR count). The maximum absolute atomic E-state index is 13.3. The highest BCUT2D eigenvalue weighted by molar-refractivity contribution is 6.30. The van der Waals surface area contributed by atoms with Crippen molar-refractivity contribution in [2.75, 3.05) is 5.73 Å². The molecule has 5 heteroatoms. The van der Waals surface area contributed by atoms with Gasteiger partial charge in [-0.05, 0) is 42.8 Å². The third-order valence-corrected chi connectivity index (χ3v) is 3.27. The Bertz CT molecular complexity index is 780. The van der Waals surface area contributed by atoms with Crippen LogP contribution in [0.25, 0.3) is 16.9 Å². The highest BCUT2D eigenvalue weighted by Crippen LogP contribution is 2.28. The number of aryl methyl sites for hydroxylation is 1. The minimum atomic E-state index is -0.242. The molecule has 0 aliphatic carbocycles. The molecule has 2 aromatic heterocycles. The quantitative estimate of drug-likeness (QED) is 0.736. The number of hydrogen-bond acceptors (Lipinski definition) is 2. The van der Waals surface area contributed by atoms with Crippen molar-refractivity contribution in [1.82, 2.24) is 9.38 Å². The first-order valence-corrected chi connectivity index (χ1v) is 6.13. The second-order valence-electron chi connectivity index (χ2n) is 4.39. The van der Waals surface area contributed by atoms with Crippen molar-refractivity contribution in [2.24, 2.45) is 0 Å². The van der Waals surface area contributed by atoms with E-state index in [0.29, 0.717) is 27.7 Å². The van der Waals surface area contributed by atoms with E-state index in [0.717, 1.165) is 5.56 Å². The van der Waals surface area contributed by atoms with Crippen LogP contribution in [0, 0.1) is 12.7 Å². The molecule has 0 spiro atoms. The van der Waals surface area contributed by atoms with Gasteiger partial charge in [0.1, 0.15) is 23.0 Å². The molecule has 1 aromatic carbocycles. The summed E-state index contributed by atoms with van der Waals surface area (Å²) in [6.45, 7) is 1.71. The predicted octanol–water partition coefficient (Wildman–Crippen LogP) is 3.68. The Morgan fingerprint density at radius 1 is 1.26 bits per heavy atom. The second-order valence-corrected chi connectivity index (χ2v) is 4.82. The normalized spacial score (nSPS) is 11.1. The third-order valence-electron chi connectivity index (χ3n) is 3.05. The van der Waals surface area contributed by atoms with Crippen LogP contribution in [0.5, 0.6) is 0 Å². The van der Waals surface area contributed by atoms with Crippen molar-refractivity contribution in [3.8, 4) is 11.3 Å². The smallest absolute Gasteiger partial charge is 0.139 e. The average molecular weight is 276 g/mol. The fraction of sp³-hybridized carbons (Fsp3) is 0.0714. The molecule has 0 bridgehead atoms. The number of anilines is 1. The first-order valence-electron chi connectivity index (χ1n) is 5.76. The number of rotatable bonds is 1. The Morgan fingerprint density at radius 3 is 2.79 bits per heavy atom. The molecule has 0 fully saturated rings. The van der Waals surface area contributed by atoms with Gasteiger partial charge in [0.05, 0.1) is 5.02 Å². The lowest BCUT2D eigenvalue weighted by atomic mass is 10.1. The minimum Gasteiger partial charge on any atom is -0.383 e. The number of nitrogens with two attached hydrogens (primary N) is 1. The number of hydrogen-bond donors (Lipinski definition) is 1. The molecule has 2 N–H and O–H groups in total. The summed E-state index contributed by atoms with van der Waals surface area (Å²) in [6.07, 6.45) is 1.71. The second kappa shape index (κ2) is 4.24. The first kappa shape index (κ1) is 12.0. The van der Waals surface area contributed by atoms with Crippen LogP contribution in [0.3, 0.4) is 0 Å². The summed E-state index contributed by atoms with van der Waals surface area (Å²) >= 11 is 5.94. The zero-order valence-electron chi connectivity index (χ0n) is 10.2. The molecule has 0 saturated carbocycles. The Morgan fingerprint density at radius 2 is 2.05 bits per heavy atom. The fourth-order valence-electron chi connectivity index (χ4n) is 2.04. The van der Waals surface area contributed by atoms with Gasteiger partial charge >= 0.3 is 0 Å². The van der Waals surface area contributed by atoms with Gasteiger partial charge in [0.2, 0.25) is 0 Å². The van der Waals surface area contributed by atoms with Gasteiger partial charge in [0.15, 0.2) is 0 Å². The molecule has 2 heterocycles. The lowest BCUT2D eigenvalue weighted by molar-refractivity contribution is 0.619. The van der Waals surface area contributed by atoms with Gasteiger partial charge < -0.3 is 5.73 Å². The number of benzene rings is 1. The highest BCUT2D eigenvalue weighted by atomic mass is 35.5. The molecule has 0 saturated heterocycles. The van der Waals surface area contributed by atoms with Crippen LogP contribution in [0.4, 0.5) is 10.2 Å². The van der Waals surface area contributed by atoms with E-state index in [2.05, 4.69) is 4.98 Å². The summed E-state index contributed by atoms with van der Waals surface area (Å²) < 4.78 is 15.0. The van der Waals surface area contributed by atoms with E-state index >= 15 is 0 Å². The van der Waals surface area contributed by atoms with Gasteiger partial charge in [-0.3, -0.25) is 4.40 Å². The molecule has 0 unspecified atom stereocenters. The van der Waals surface area contributed by atoms with Crippen molar-refractivity contribution < 1.29 is 4.39 Å². The maximum Gasteiger partial charge on any atom is 0.139 e. The van der Waals surface area contributed by atoms with E-state index in [1.165, 1.54) is 6.07 Å². The standard InChI is InChI=1S/C14H11ClFN3/c1-8-6-9(2-4-11(8)16)13-14(17)19-7-10(15)3-5-12(19)18-13/h2-7H,17H2,1H3. The van der Waals surface area contributed by atoms with E-state index in [4.69, 9.17) is 17.3 Å². The predicted molar refractivity (Wildman–Crippen MR) is 74.7 cm³/mol. The largest absolute Gasteiger partial charge is 0.383 e. The van der Waals surface area contributed by atoms with Crippen LogP contribution < -0.4 is 5.73 Å². The Hall–Kier alpha value is -2.07. The van der Waals surface area contributed by atoms with Crippen molar-refractivity contribution in [3.63, 3.8) is 0 Å². The van der Waals surface area contributed by atoms with Gasteiger partial charge in [-0.15, -0.1) is 0 Å². The van der Waals surface area contributed by atoms with Gasteiger partial charge in [-0.2, -0.15) is 0 Å². The van der Waals surface area contributed by atoms with Crippen molar-refractivity contribution >= 4 is 23.1 Å². The van der Waals surface area contributed by atoms with Crippen molar-refractivity contribution in [3.05, 3.63) is 52.9 Å². The van der Waals surface area contributed by atoms with E-state index in [1.807, 2.05) is 0 Å².